The average Bonchev–Trinajstić information content (AvgIpc) is 2.90. The van der Waals surface area contributed by atoms with Gasteiger partial charge < -0.3 is 20.6 Å². The van der Waals surface area contributed by atoms with Gasteiger partial charge in [0.1, 0.15) is 11.3 Å². The first-order valence-corrected chi connectivity index (χ1v) is 8.63. The van der Waals surface area contributed by atoms with Crippen LogP contribution in [0.4, 0.5) is 0 Å². The third kappa shape index (κ3) is 3.28. The molecule has 0 aliphatic carbocycles. The number of fused-ring (bicyclic) bond motifs is 1. The fourth-order valence-corrected chi connectivity index (χ4v) is 3.45. The van der Waals surface area contributed by atoms with Gasteiger partial charge in [-0.2, -0.15) is 0 Å². The number of nitrogens with one attached hydrogen (secondary N) is 1. The van der Waals surface area contributed by atoms with Crippen LogP contribution in [-0.4, -0.2) is 38.2 Å². The predicted octanol–water partition coefficient (Wildman–Crippen LogP) is 0.0648. The third-order valence-electron chi connectivity index (χ3n) is 4.96. The Hall–Kier alpha value is -3.82. The number of hydrogen-bond donors (Lipinski definition) is 3. The summed E-state index contributed by atoms with van der Waals surface area (Å²) >= 11 is 0. The quantitative estimate of drug-likeness (QED) is 0.516. The maximum atomic E-state index is 12.5. The molecule has 0 spiro atoms. The van der Waals surface area contributed by atoms with Crippen LogP contribution in [0.3, 0.4) is 0 Å². The Bertz CT molecular complexity index is 1250. The van der Waals surface area contributed by atoms with E-state index in [1.54, 1.807) is 32.3 Å². The minimum atomic E-state index is -0.944. The zero-order chi connectivity index (χ0) is 21.5. The van der Waals surface area contributed by atoms with Crippen LogP contribution < -0.4 is 17.0 Å². The van der Waals surface area contributed by atoms with Crippen molar-refractivity contribution in [2.45, 2.75) is 12.3 Å². The Kier molecular flexibility index (Phi) is 5.02. The van der Waals surface area contributed by atoms with E-state index in [0.29, 0.717) is 16.6 Å². The van der Waals surface area contributed by atoms with Gasteiger partial charge in [-0.3, -0.25) is 18.7 Å². The van der Waals surface area contributed by atoms with Gasteiger partial charge in [-0.25, -0.2) is 9.59 Å². The van der Waals surface area contributed by atoms with E-state index in [0.717, 1.165) is 13.3 Å². The van der Waals surface area contributed by atoms with E-state index in [1.165, 1.54) is 9.13 Å². The van der Waals surface area contributed by atoms with Crippen molar-refractivity contribution in [1.29, 1.82) is 0 Å². The number of hydrogen-bond acceptors (Lipinski definition) is 6. The number of nitrogens with zero attached hydrogens (tertiary/aromatic N) is 2. The summed E-state index contributed by atoms with van der Waals surface area (Å²) in [5, 5.41) is 10.6. The van der Waals surface area contributed by atoms with Gasteiger partial charge in [0.05, 0.1) is 23.7 Å². The molecule has 3 rings (SSSR count). The summed E-state index contributed by atoms with van der Waals surface area (Å²) in [5.74, 6) is -3.09. The summed E-state index contributed by atoms with van der Waals surface area (Å²) in [6.07, 6.45) is 0.742. The number of aromatic hydroxyl groups is 1. The molecule has 2 heterocycles. The van der Waals surface area contributed by atoms with E-state index in [9.17, 15) is 24.3 Å². The number of benzene rings is 1. The van der Waals surface area contributed by atoms with Gasteiger partial charge in [0.15, 0.2) is 0 Å². The van der Waals surface area contributed by atoms with Gasteiger partial charge in [-0.05, 0) is 17.7 Å². The molecule has 3 aromatic rings. The minimum Gasteiger partial charge on any atom is -0.506 e. The summed E-state index contributed by atoms with van der Waals surface area (Å²) in [6, 6.07) is 4.96. The van der Waals surface area contributed by atoms with E-state index in [4.69, 9.17) is 5.73 Å². The molecule has 0 unspecified atom stereocenters. The number of pyridine rings is 1. The van der Waals surface area contributed by atoms with Crippen molar-refractivity contribution < 1.29 is 19.4 Å². The van der Waals surface area contributed by atoms with Crippen LogP contribution in [0.25, 0.3) is 11.0 Å². The molecule has 1 amide bonds. The highest BCUT2D eigenvalue weighted by Gasteiger charge is 2.28. The van der Waals surface area contributed by atoms with Crippen molar-refractivity contribution in [3.8, 4) is 5.75 Å². The molecule has 1 atom stereocenters. The van der Waals surface area contributed by atoms with E-state index >= 15 is 0 Å². The van der Waals surface area contributed by atoms with Crippen LogP contribution in [0.5, 0.6) is 5.75 Å². The number of H-pyrrole nitrogens is 1. The summed E-state index contributed by atoms with van der Waals surface area (Å²) in [7, 11) is 4.36. The lowest BCUT2D eigenvalue weighted by molar-refractivity contribution is -0.118. The molecule has 4 N–H and O–H groups in total. The van der Waals surface area contributed by atoms with Gasteiger partial charge in [0.25, 0.3) is 5.56 Å². The van der Waals surface area contributed by atoms with Crippen molar-refractivity contribution >= 4 is 22.9 Å². The molecular weight excluding hydrogens is 380 g/mol. The lowest BCUT2D eigenvalue weighted by Crippen LogP contribution is -2.24. The number of amides is 1. The van der Waals surface area contributed by atoms with Crippen molar-refractivity contribution in [3.63, 3.8) is 0 Å². The second kappa shape index (κ2) is 7.30. The molecule has 10 heteroatoms. The SMILES string of the molecule is COC(=O)c1c[nH]c(=O)c([C@H](CC(N)=O)c2ccc3c(c2)n(C)c(=O)n3C)c1O. The molecule has 2 aromatic heterocycles. The number of aromatic nitrogens is 3. The maximum Gasteiger partial charge on any atom is 0.343 e. The Morgan fingerprint density at radius 1 is 1.21 bits per heavy atom. The normalized spacial score (nSPS) is 12.1. The summed E-state index contributed by atoms with van der Waals surface area (Å²) < 4.78 is 7.50. The Labute approximate surface area is 164 Å². The second-order valence-electron chi connectivity index (χ2n) is 6.66. The fraction of sp³-hybridized carbons (Fsp3) is 0.263. The monoisotopic (exact) mass is 400 g/mol. The third-order valence-corrected chi connectivity index (χ3v) is 4.96. The highest BCUT2D eigenvalue weighted by atomic mass is 16.5. The molecule has 29 heavy (non-hydrogen) atoms. The van der Waals surface area contributed by atoms with E-state index in [2.05, 4.69) is 9.72 Å². The van der Waals surface area contributed by atoms with Crippen molar-refractivity contribution in [2.75, 3.05) is 7.11 Å². The highest BCUT2D eigenvalue weighted by Crippen LogP contribution is 2.34. The number of rotatable bonds is 5. The average molecular weight is 400 g/mol. The number of carbonyl (C=O) groups excluding carboxylic acids is 2. The number of aromatic amines is 1. The topological polar surface area (TPSA) is 149 Å². The van der Waals surface area contributed by atoms with E-state index in [-0.39, 0.29) is 23.2 Å². The molecule has 10 nitrogen and oxygen atoms in total. The lowest BCUT2D eigenvalue weighted by atomic mass is 9.87. The van der Waals surface area contributed by atoms with Gasteiger partial charge in [-0.15, -0.1) is 0 Å². The first-order valence-electron chi connectivity index (χ1n) is 8.63. The lowest BCUT2D eigenvalue weighted by Gasteiger charge is -2.18. The first kappa shape index (κ1) is 19.9. The van der Waals surface area contributed by atoms with Gasteiger partial charge in [0.2, 0.25) is 5.91 Å². The molecule has 1 aromatic carbocycles. The van der Waals surface area contributed by atoms with E-state index < -0.39 is 29.1 Å². The van der Waals surface area contributed by atoms with Crippen molar-refractivity contribution in [1.82, 2.24) is 14.1 Å². The van der Waals surface area contributed by atoms with E-state index in [1.807, 2.05) is 0 Å². The van der Waals surface area contributed by atoms with Crippen LogP contribution in [0.2, 0.25) is 0 Å². The number of carbonyl (C=O) groups is 2. The smallest absolute Gasteiger partial charge is 0.343 e. The molecule has 0 saturated carbocycles. The van der Waals surface area contributed by atoms with Crippen LogP contribution in [0, 0.1) is 0 Å². The fourth-order valence-electron chi connectivity index (χ4n) is 3.45. The number of primary amides is 1. The number of methoxy groups -OCH3 is 1. The molecule has 0 bridgehead atoms. The van der Waals surface area contributed by atoms with Crippen LogP contribution in [-0.2, 0) is 23.6 Å². The number of nitrogens with two attached hydrogens (primary N) is 1. The molecule has 0 aliphatic heterocycles. The standard InChI is InChI=1S/C19H20N4O6/c1-22-12-5-4-9(6-13(12)23(2)19(22)28)10(7-14(20)24)15-16(25)11(18(27)29-3)8-21-17(15)26/h4-6,8,10H,7H2,1-3H3,(H2,20,24)(H2,21,25,26)/t10-/m1/s1. The zero-order valence-corrected chi connectivity index (χ0v) is 16.1. The summed E-state index contributed by atoms with van der Waals surface area (Å²) in [4.78, 5) is 50.7. The molecular formula is C19H20N4O6. The number of ether oxygens (including phenoxy) is 1. The van der Waals surface area contributed by atoms with Crippen molar-refractivity contribution in [3.05, 3.63) is 61.9 Å². The van der Waals surface area contributed by atoms with Crippen molar-refractivity contribution in [2.24, 2.45) is 19.8 Å². The number of esters is 1. The molecule has 0 fully saturated rings. The van der Waals surface area contributed by atoms with Crippen LogP contribution >= 0.6 is 0 Å². The highest BCUT2D eigenvalue weighted by molar-refractivity contribution is 5.92. The van der Waals surface area contributed by atoms with Crippen LogP contribution in [0.15, 0.2) is 34.0 Å². The molecule has 0 aliphatic rings. The summed E-state index contributed by atoms with van der Waals surface area (Å²) in [5.41, 5.74) is 5.73. The van der Waals surface area contributed by atoms with Gasteiger partial charge in [0, 0.05) is 32.6 Å². The summed E-state index contributed by atoms with van der Waals surface area (Å²) in [6.45, 7) is 0. The molecule has 0 radical (unpaired) electrons. The zero-order valence-electron chi connectivity index (χ0n) is 16.1. The maximum absolute atomic E-state index is 12.5. The Morgan fingerprint density at radius 3 is 2.48 bits per heavy atom. The Balaban J connectivity index is 2.28. The molecule has 0 saturated heterocycles. The van der Waals surface area contributed by atoms with Gasteiger partial charge in [-0.1, -0.05) is 6.07 Å². The van der Waals surface area contributed by atoms with Gasteiger partial charge >= 0.3 is 11.7 Å². The number of aryl methyl sites for hydroxylation is 2. The number of imidazole rings is 1. The van der Waals surface area contributed by atoms with Crippen LogP contribution in [0.1, 0.15) is 33.8 Å². The largest absolute Gasteiger partial charge is 0.506 e. The second-order valence-corrected chi connectivity index (χ2v) is 6.66. The predicted molar refractivity (Wildman–Crippen MR) is 104 cm³/mol. The first-order chi connectivity index (χ1) is 13.7. The Morgan fingerprint density at radius 2 is 1.86 bits per heavy atom. The minimum absolute atomic E-state index is 0.188. The molecule has 152 valence electrons.